The van der Waals surface area contributed by atoms with Crippen LogP contribution >= 0.6 is 0 Å². The number of ether oxygens (including phenoxy) is 1. The van der Waals surface area contributed by atoms with Gasteiger partial charge >= 0.3 is 5.97 Å². The summed E-state index contributed by atoms with van der Waals surface area (Å²) in [5.41, 5.74) is 0.251. The van der Waals surface area contributed by atoms with Crippen LogP contribution in [0, 0.1) is 18.7 Å². The van der Waals surface area contributed by atoms with E-state index in [-0.39, 0.29) is 57.5 Å². The average molecular weight is 545 g/mol. The van der Waals surface area contributed by atoms with E-state index in [1.807, 2.05) is 6.92 Å². The van der Waals surface area contributed by atoms with Crippen molar-refractivity contribution < 1.29 is 32.2 Å². The number of hydrogen-bond donors (Lipinski definition) is 3. The number of carbonyl (C=O) groups is 2. The number of aromatic nitrogens is 2. The van der Waals surface area contributed by atoms with Gasteiger partial charge in [0.2, 0.25) is 21.8 Å². The number of nitrogens with zero attached hydrogens (tertiary/aromatic N) is 2. The van der Waals surface area contributed by atoms with Crippen LogP contribution in [-0.2, 0) is 14.8 Å². The highest BCUT2D eigenvalue weighted by Gasteiger charge is 2.27. The molecule has 1 aliphatic carbocycles. The number of rotatable bonds is 10. The smallest absolute Gasteiger partial charge is 0.356 e. The second-order valence-corrected chi connectivity index (χ2v) is 10.8. The highest BCUT2D eigenvalue weighted by molar-refractivity contribution is 7.89. The maximum absolute atomic E-state index is 14.0. The third-order valence-corrected chi connectivity index (χ3v) is 7.78. The summed E-state index contributed by atoms with van der Waals surface area (Å²) in [5.74, 6) is -2.42. The summed E-state index contributed by atoms with van der Waals surface area (Å²) in [6.07, 6.45) is 4.06. The number of carboxylic acid groups (broad SMARTS) is 1. The van der Waals surface area contributed by atoms with Crippen molar-refractivity contribution >= 4 is 27.6 Å². The topological polar surface area (TPSA) is 140 Å². The van der Waals surface area contributed by atoms with E-state index >= 15 is 0 Å². The average Bonchev–Trinajstić information content (AvgIpc) is 3.53. The normalized spacial score (nSPS) is 14.0. The largest absolute Gasteiger partial charge is 0.476 e. The highest BCUT2D eigenvalue weighted by Crippen LogP contribution is 2.36. The predicted octanol–water partition coefficient (Wildman–Crippen LogP) is 4.63. The quantitative estimate of drug-likeness (QED) is 0.338. The lowest BCUT2D eigenvalue weighted by Gasteiger charge is -2.16. The van der Waals surface area contributed by atoms with Gasteiger partial charge in [-0.2, -0.15) is 9.78 Å². The number of anilines is 1. The Morgan fingerprint density at radius 1 is 1.18 bits per heavy atom. The molecule has 1 aromatic heterocycles. The fraction of sp³-hybridized carbons (Fsp3) is 0.346. The molecule has 4 rings (SSSR count). The van der Waals surface area contributed by atoms with Crippen LogP contribution in [0.4, 0.5) is 10.1 Å². The van der Waals surface area contributed by atoms with Crippen LogP contribution < -0.4 is 14.8 Å². The van der Waals surface area contributed by atoms with Crippen LogP contribution in [0.1, 0.15) is 55.1 Å². The van der Waals surface area contributed by atoms with Gasteiger partial charge in [-0.15, -0.1) is 0 Å². The zero-order valence-electron chi connectivity index (χ0n) is 21.0. The Labute approximate surface area is 219 Å². The van der Waals surface area contributed by atoms with E-state index in [9.17, 15) is 27.5 Å². The van der Waals surface area contributed by atoms with Crippen LogP contribution in [0.25, 0.3) is 5.69 Å². The van der Waals surface area contributed by atoms with Gasteiger partial charge in [0.25, 0.3) is 0 Å². The molecule has 0 saturated heterocycles. The van der Waals surface area contributed by atoms with Crippen LogP contribution in [0.3, 0.4) is 0 Å². The van der Waals surface area contributed by atoms with Gasteiger partial charge in [0, 0.05) is 23.7 Å². The standard InChI is InChI=1S/C26H29FN4O6S/c1-3-13-28-38(35,36)22-15-19(29-24(32)17-7-4-5-8-17)11-12-21(22)37-25-16(2)23(26(33)34)30-31(25)20-10-6-9-18(27)14-20/h6,9-12,14-15,17,28H,3-5,7-8,13H2,1-2H3,(H,29,32)(H,33,34). The molecule has 0 spiro atoms. The van der Waals surface area contributed by atoms with Gasteiger partial charge in [-0.25, -0.2) is 22.3 Å². The Morgan fingerprint density at radius 3 is 2.58 bits per heavy atom. The Morgan fingerprint density at radius 2 is 1.92 bits per heavy atom. The molecule has 38 heavy (non-hydrogen) atoms. The minimum atomic E-state index is -4.09. The third-order valence-electron chi connectivity index (χ3n) is 6.30. The lowest BCUT2D eigenvalue weighted by Crippen LogP contribution is -2.25. The Bertz CT molecular complexity index is 1460. The van der Waals surface area contributed by atoms with Gasteiger partial charge in [0.05, 0.1) is 5.69 Å². The Balaban J connectivity index is 1.78. The van der Waals surface area contributed by atoms with Gasteiger partial charge in [-0.05, 0) is 62.6 Å². The summed E-state index contributed by atoms with van der Waals surface area (Å²) in [5, 5.41) is 16.5. The number of carboxylic acids is 1. The molecule has 0 atom stereocenters. The molecule has 0 radical (unpaired) electrons. The maximum atomic E-state index is 14.0. The lowest BCUT2D eigenvalue weighted by atomic mass is 10.1. The van der Waals surface area contributed by atoms with Gasteiger partial charge in [0.15, 0.2) is 5.69 Å². The molecular formula is C26H29FN4O6S. The van der Waals surface area contributed by atoms with Gasteiger partial charge in [-0.3, -0.25) is 4.79 Å². The third kappa shape index (κ3) is 5.86. The van der Waals surface area contributed by atoms with Crippen LogP contribution in [0.5, 0.6) is 11.6 Å². The minimum absolute atomic E-state index is 0.0947. The molecule has 0 aliphatic heterocycles. The van der Waals surface area contributed by atoms with Crippen molar-refractivity contribution in [3.05, 3.63) is 59.5 Å². The van der Waals surface area contributed by atoms with Crippen molar-refractivity contribution in [1.29, 1.82) is 0 Å². The summed E-state index contributed by atoms with van der Waals surface area (Å²) in [7, 11) is -4.09. The minimum Gasteiger partial charge on any atom is -0.476 e. The molecule has 12 heteroatoms. The fourth-order valence-corrected chi connectivity index (χ4v) is 5.60. The van der Waals surface area contributed by atoms with Crippen molar-refractivity contribution in [2.24, 2.45) is 5.92 Å². The summed E-state index contributed by atoms with van der Waals surface area (Å²) < 4.78 is 50.0. The number of aromatic carboxylic acids is 1. The number of amides is 1. The van der Waals surface area contributed by atoms with E-state index in [1.54, 1.807) is 0 Å². The van der Waals surface area contributed by atoms with Gasteiger partial charge < -0.3 is 15.2 Å². The molecule has 1 aliphatic rings. The van der Waals surface area contributed by atoms with E-state index in [2.05, 4.69) is 15.1 Å². The van der Waals surface area contributed by atoms with Crippen molar-refractivity contribution in [2.75, 3.05) is 11.9 Å². The van der Waals surface area contributed by atoms with E-state index in [1.165, 1.54) is 43.3 Å². The molecule has 0 bridgehead atoms. The Hall–Kier alpha value is -3.77. The van der Waals surface area contributed by atoms with E-state index < -0.39 is 21.8 Å². The summed E-state index contributed by atoms with van der Waals surface area (Å²) in [6.45, 7) is 3.44. The summed E-state index contributed by atoms with van der Waals surface area (Å²) in [6, 6.07) is 9.50. The zero-order chi connectivity index (χ0) is 27.4. The maximum Gasteiger partial charge on any atom is 0.356 e. The van der Waals surface area contributed by atoms with Crippen molar-refractivity contribution in [3.8, 4) is 17.3 Å². The van der Waals surface area contributed by atoms with Crippen molar-refractivity contribution in [3.63, 3.8) is 0 Å². The van der Waals surface area contributed by atoms with Crippen molar-refractivity contribution in [1.82, 2.24) is 14.5 Å². The van der Waals surface area contributed by atoms with E-state index in [4.69, 9.17) is 4.74 Å². The molecule has 0 unspecified atom stereocenters. The second-order valence-electron chi connectivity index (χ2n) is 9.11. The SMILES string of the molecule is CCCNS(=O)(=O)c1cc(NC(=O)C2CCCC2)ccc1Oc1c(C)c(C(=O)O)nn1-c1cccc(F)c1. The number of halogens is 1. The number of sulfonamides is 1. The molecule has 2 aromatic carbocycles. The molecule has 1 amide bonds. The molecule has 10 nitrogen and oxygen atoms in total. The summed E-state index contributed by atoms with van der Waals surface area (Å²) in [4.78, 5) is 24.2. The van der Waals surface area contributed by atoms with Crippen molar-refractivity contribution in [2.45, 2.75) is 50.8 Å². The monoisotopic (exact) mass is 544 g/mol. The first-order valence-corrected chi connectivity index (χ1v) is 13.8. The molecular weight excluding hydrogens is 515 g/mol. The first-order valence-electron chi connectivity index (χ1n) is 12.3. The van der Waals surface area contributed by atoms with E-state index in [0.29, 0.717) is 6.42 Å². The van der Waals surface area contributed by atoms with Crippen LogP contribution in [0.2, 0.25) is 0 Å². The Kier molecular flexibility index (Phi) is 8.12. The molecule has 1 saturated carbocycles. The molecule has 1 fully saturated rings. The second kappa shape index (κ2) is 11.3. The number of nitrogens with one attached hydrogen (secondary N) is 2. The summed E-state index contributed by atoms with van der Waals surface area (Å²) >= 11 is 0. The van der Waals surface area contributed by atoms with Crippen LogP contribution in [0.15, 0.2) is 47.4 Å². The van der Waals surface area contributed by atoms with Crippen LogP contribution in [-0.4, -0.2) is 41.7 Å². The fourth-order valence-electron chi connectivity index (χ4n) is 4.32. The number of hydrogen-bond acceptors (Lipinski definition) is 6. The first-order chi connectivity index (χ1) is 18.1. The zero-order valence-corrected chi connectivity index (χ0v) is 21.8. The highest BCUT2D eigenvalue weighted by atomic mass is 32.2. The van der Waals surface area contributed by atoms with Gasteiger partial charge in [0.1, 0.15) is 16.5 Å². The molecule has 1 heterocycles. The molecule has 202 valence electrons. The first kappa shape index (κ1) is 27.3. The molecule has 3 N–H and O–H groups in total. The number of carbonyl (C=O) groups excluding carboxylic acids is 1. The number of benzene rings is 2. The van der Waals surface area contributed by atoms with E-state index in [0.717, 1.165) is 36.4 Å². The predicted molar refractivity (Wildman–Crippen MR) is 138 cm³/mol. The lowest BCUT2D eigenvalue weighted by molar-refractivity contribution is -0.119. The molecule has 3 aromatic rings. The van der Waals surface area contributed by atoms with Gasteiger partial charge in [-0.1, -0.05) is 25.8 Å².